The minimum absolute atomic E-state index is 0.381. The zero-order chi connectivity index (χ0) is 15.1. The number of halogens is 5. The molecule has 0 amide bonds. The van der Waals surface area contributed by atoms with Crippen molar-refractivity contribution in [3.05, 3.63) is 55.4 Å². The molecule has 1 N–H and O–H groups in total. The summed E-state index contributed by atoms with van der Waals surface area (Å²) in [5.74, 6) is -1.44. The number of hydrogen-bond donors (Lipinski definition) is 1. The normalized spacial score (nSPS) is 13.6. The zero-order valence-electron chi connectivity index (χ0n) is 10.1. The van der Waals surface area contributed by atoms with E-state index >= 15 is 0 Å². The Bertz CT molecular complexity index is 616. The van der Waals surface area contributed by atoms with E-state index in [-0.39, 0.29) is 5.56 Å². The lowest BCUT2D eigenvalue weighted by Gasteiger charge is -2.14. The van der Waals surface area contributed by atoms with Gasteiger partial charge in [-0.25, -0.2) is 4.39 Å². The lowest BCUT2D eigenvalue weighted by molar-refractivity contribution is -0.140. The minimum Gasteiger partial charge on any atom is -0.383 e. The van der Waals surface area contributed by atoms with Gasteiger partial charge in [0, 0.05) is 19.8 Å². The molecule has 0 spiro atoms. The third-order valence-corrected chi connectivity index (χ3v) is 4.96. The molecule has 1 aromatic carbocycles. The minimum atomic E-state index is -4.79. The van der Waals surface area contributed by atoms with Crippen molar-refractivity contribution in [2.45, 2.75) is 19.2 Å². The van der Waals surface area contributed by atoms with Gasteiger partial charge in [-0.2, -0.15) is 13.2 Å². The van der Waals surface area contributed by atoms with Crippen LogP contribution in [0.5, 0.6) is 0 Å². The molecule has 0 fully saturated rings. The molecule has 0 bridgehead atoms. The van der Waals surface area contributed by atoms with Crippen LogP contribution >= 0.6 is 27.3 Å². The molecule has 1 aromatic heterocycles. The second-order valence-electron chi connectivity index (χ2n) is 4.16. The smallest absolute Gasteiger partial charge is 0.383 e. The molecule has 0 aliphatic heterocycles. The first-order valence-corrected chi connectivity index (χ1v) is 7.12. The highest BCUT2D eigenvalue weighted by Crippen LogP contribution is 2.38. The molecule has 0 radical (unpaired) electrons. The third-order valence-electron chi connectivity index (χ3n) is 2.77. The van der Waals surface area contributed by atoms with Gasteiger partial charge < -0.3 is 5.11 Å². The first kappa shape index (κ1) is 15.5. The average molecular weight is 369 g/mol. The van der Waals surface area contributed by atoms with E-state index in [2.05, 4.69) is 15.9 Å². The molecule has 2 aromatic rings. The Morgan fingerprint density at radius 3 is 2.45 bits per heavy atom. The van der Waals surface area contributed by atoms with Gasteiger partial charge in [0.1, 0.15) is 11.9 Å². The van der Waals surface area contributed by atoms with E-state index in [1.54, 1.807) is 13.0 Å². The number of rotatable bonds is 2. The molecule has 2 rings (SSSR count). The van der Waals surface area contributed by atoms with E-state index in [4.69, 9.17) is 0 Å². The van der Waals surface area contributed by atoms with Gasteiger partial charge in [-0.3, -0.25) is 0 Å². The van der Waals surface area contributed by atoms with Crippen molar-refractivity contribution < 1.29 is 22.7 Å². The molecule has 0 saturated heterocycles. The largest absolute Gasteiger partial charge is 0.419 e. The maximum Gasteiger partial charge on any atom is 0.419 e. The molecular formula is C13H9BrF4OS. The van der Waals surface area contributed by atoms with Crippen LogP contribution in [-0.2, 0) is 6.18 Å². The molecule has 7 heteroatoms. The number of aliphatic hydroxyl groups excluding tert-OH is 1. The van der Waals surface area contributed by atoms with Gasteiger partial charge in [0.15, 0.2) is 0 Å². The Morgan fingerprint density at radius 2 is 1.95 bits per heavy atom. The summed E-state index contributed by atoms with van der Waals surface area (Å²) in [5, 5.41) is 10.1. The lowest BCUT2D eigenvalue weighted by atomic mass is 10.0. The standard InChI is InChI=1S/C13H9BrF4OS/c1-6-9(14)5-10(20-6)12(19)7-3-2-4-8(11(7)15)13(16,17)18/h2-5,12,19H,1H3. The fourth-order valence-corrected chi connectivity index (χ4v) is 3.32. The molecule has 0 saturated carbocycles. The van der Waals surface area contributed by atoms with Crippen LogP contribution < -0.4 is 0 Å². The number of hydrogen-bond acceptors (Lipinski definition) is 2. The van der Waals surface area contributed by atoms with Crippen LogP contribution in [0.15, 0.2) is 28.7 Å². The highest BCUT2D eigenvalue weighted by atomic mass is 79.9. The molecular weight excluding hydrogens is 360 g/mol. The Hall–Kier alpha value is -0.920. The van der Waals surface area contributed by atoms with Crippen LogP contribution in [0.3, 0.4) is 0 Å². The van der Waals surface area contributed by atoms with Gasteiger partial charge in [0.05, 0.1) is 5.56 Å². The summed E-state index contributed by atoms with van der Waals surface area (Å²) < 4.78 is 52.6. The van der Waals surface area contributed by atoms with Crippen molar-refractivity contribution in [3.63, 3.8) is 0 Å². The van der Waals surface area contributed by atoms with Crippen molar-refractivity contribution in [3.8, 4) is 0 Å². The summed E-state index contributed by atoms with van der Waals surface area (Å²) >= 11 is 4.44. The van der Waals surface area contributed by atoms with Gasteiger partial charge in [0.2, 0.25) is 0 Å². The number of benzene rings is 1. The fraction of sp³-hybridized carbons (Fsp3) is 0.231. The Labute approximate surface area is 125 Å². The summed E-state index contributed by atoms with van der Waals surface area (Å²) in [4.78, 5) is 1.24. The quantitative estimate of drug-likeness (QED) is 0.734. The summed E-state index contributed by atoms with van der Waals surface area (Å²) in [6.07, 6.45) is -6.21. The fourth-order valence-electron chi connectivity index (χ4n) is 1.75. The second kappa shape index (κ2) is 5.46. The van der Waals surface area contributed by atoms with E-state index in [0.29, 0.717) is 10.9 Å². The maximum atomic E-state index is 13.9. The third kappa shape index (κ3) is 2.89. The van der Waals surface area contributed by atoms with Gasteiger partial charge in [-0.15, -0.1) is 11.3 Å². The number of thiophene rings is 1. The molecule has 0 aliphatic rings. The topological polar surface area (TPSA) is 20.2 Å². The van der Waals surface area contributed by atoms with Gasteiger partial charge in [0.25, 0.3) is 0 Å². The van der Waals surface area contributed by atoms with Crippen LogP contribution in [0.2, 0.25) is 0 Å². The highest BCUT2D eigenvalue weighted by Gasteiger charge is 2.35. The van der Waals surface area contributed by atoms with Crippen LogP contribution in [0, 0.1) is 12.7 Å². The van der Waals surface area contributed by atoms with Crippen LogP contribution in [0.1, 0.15) is 27.0 Å². The first-order chi connectivity index (χ1) is 9.21. The van der Waals surface area contributed by atoms with E-state index in [0.717, 1.165) is 21.5 Å². The monoisotopic (exact) mass is 368 g/mol. The summed E-state index contributed by atoms with van der Waals surface area (Å²) in [5.41, 5.74) is -1.75. The molecule has 108 valence electrons. The van der Waals surface area contributed by atoms with E-state index in [9.17, 15) is 22.7 Å². The van der Waals surface area contributed by atoms with Gasteiger partial charge >= 0.3 is 6.18 Å². The number of alkyl halides is 3. The van der Waals surface area contributed by atoms with Crippen molar-refractivity contribution >= 4 is 27.3 Å². The summed E-state index contributed by atoms with van der Waals surface area (Å²) in [6.45, 7) is 1.79. The Morgan fingerprint density at radius 1 is 1.30 bits per heavy atom. The Kier molecular flexibility index (Phi) is 4.22. The summed E-state index contributed by atoms with van der Waals surface area (Å²) in [6, 6.07) is 4.46. The van der Waals surface area contributed by atoms with Crippen molar-refractivity contribution in [1.29, 1.82) is 0 Å². The van der Waals surface area contributed by atoms with Gasteiger partial charge in [-0.1, -0.05) is 12.1 Å². The van der Waals surface area contributed by atoms with Crippen LogP contribution in [0.25, 0.3) is 0 Å². The van der Waals surface area contributed by atoms with Crippen LogP contribution in [-0.4, -0.2) is 5.11 Å². The molecule has 1 atom stereocenters. The molecule has 20 heavy (non-hydrogen) atoms. The lowest BCUT2D eigenvalue weighted by Crippen LogP contribution is -2.11. The second-order valence-corrected chi connectivity index (χ2v) is 6.30. The van der Waals surface area contributed by atoms with E-state index in [1.165, 1.54) is 11.3 Å². The first-order valence-electron chi connectivity index (χ1n) is 5.51. The van der Waals surface area contributed by atoms with Crippen molar-refractivity contribution in [2.24, 2.45) is 0 Å². The average Bonchev–Trinajstić information content (AvgIpc) is 2.67. The Balaban J connectivity index is 2.48. The molecule has 1 heterocycles. The van der Waals surface area contributed by atoms with Gasteiger partial charge in [-0.05, 0) is 35.0 Å². The van der Waals surface area contributed by atoms with Crippen molar-refractivity contribution in [1.82, 2.24) is 0 Å². The predicted octanol–water partition coefficient (Wildman–Crippen LogP) is 5.06. The van der Waals surface area contributed by atoms with Crippen molar-refractivity contribution in [2.75, 3.05) is 0 Å². The maximum absolute atomic E-state index is 13.9. The number of aryl methyl sites for hydroxylation is 1. The van der Waals surface area contributed by atoms with Crippen LogP contribution in [0.4, 0.5) is 17.6 Å². The SMILES string of the molecule is Cc1sc(C(O)c2cccc(C(F)(F)F)c2F)cc1Br. The van der Waals surface area contributed by atoms with E-state index < -0.39 is 23.7 Å². The predicted molar refractivity (Wildman–Crippen MR) is 72.2 cm³/mol. The molecule has 1 unspecified atom stereocenters. The molecule has 1 nitrogen and oxygen atoms in total. The van der Waals surface area contributed by atoms with E-state index in [1.807, 2.05) is 0 Å². The number of aliphatic hydroxyl groups is 1. The summed E-state index contributed by atoms with van der Waals surface area (Å²) in [7, 11) is 0. The highest BCUT2D eigenvalue weighted by molar-refractivity contribution is 9.10. The zero-order valence-corrected chi connectivity index (χ0v) is 12.5. The molecule has 0 aliphatic carbocycles.